The van der Waals surface area contributed by atoms with Gasteiger partial charge in [0.05, 0.1) is 26.1 Å². The number of benzene rings is 2. The van der Waals surface area contributed by atoms with Crippen molar-refractivity contribution < 1.29 is 14.3 Å². The molecule has 28 heavy (non-hydrogen) atoms. The van der Waals surface area contributed by atoms with Crippen molar-refractivity contribution in [3.63, 3.8) is 0 Å². The molecule has 0 bridgehead atoms. The van der Waals surface area contributed by atoms with E-state index < -0.39 is 0 Å². The SMILES string of the molecule is COc1ccc(Nc2ccc(C(=O)Nc3ccc(C)cc3C)nc2)cc1OC. The second-order valence-electron chi connectivity index (χ2n) is 6.40. The number of rotatable bonds is 6. The Labute approximate surface area is 164 Å². The highest BCUT2D eigenvalue weighted by Gasteiger charge is 2.10. The molecule has 0 spiro atoms. The summed E-state index contributed by atoms with van der Waals surface area (Å²) >= 11 is 0. The number of anilines is 3. The lowest BCUT2D eigenvalue weighted by atomic mass is 10.1. The second-order valence-corrected chi connectivity index (χ2v) is 6.40. The highest BCUT2D eigenvalue weighted by Crippen LogP contribution is 2.31. The van der Waals surface area contributed by atoms with Crippen molar-refractivity contribution in [1.29, 1.82) is 0 Å². The van der Waals surface area contributed by atoms with Gasteiger partial charge in [0.25, 0.3) is 5.91 Å². The fraction of sp³-hybridized carbons (Fsp3) is 0.182. The van der Waals surface area contributed by atoms with Gasteiger partial charge >= 0.3 is 0 Å². The zero-order valence-corrected chi connectivity index (χ0v) is 16.4. The Balaban J connectivity index is 1.70. The number of aromatic nitrogens is 1. The third kappa shape index (κ3) is 4.40. The number of hydrogen-bond donors (Lipinski definition) is 2. The summed E-state index contributed by atoms with van der Waals surface area (Å²) in [6.07, 6.45) is 1.62. The van der Waals surface area contributed by atoms with E-state index in [0.717, 1.165) is 28.2 Å². The Kier molecular flexibility index (Phi) is 5.79. The lowest BCUT2D eigenvalue weighted by molar-refractivity contribution is 0.102. The largest absolute Gasteiger partial charge is 0.493 e. The number of nitrogens with one attached hydrogen (secondary N) is 2. The van der Waals surface area contributed by atoms with Crippen molar-refractivity contribution in [2.75, 3.05) is 24.9 Å². The number of aryl methyl sites for hydroxylation is 2. The highest BCUT2D eigenvalue weighted by atomic mass is 16.5. The van der Waals surface area contributed by atoms with E-state index in [1.54, 1.807) is 32.5 Å². The molecule has 3 aromatic rings. The quantitative estimate of drug-likeness (QED) is 0.651. The molecule has 1 heterocycles. The summed E-state index contributed by atoms with van der Waals surface area (Å²) in [5.41, 5.74) is 4.88. The average molecular weight is 377 g/mol. The molecule has 2 N–H and O–H groups in total. The van der Waals surface area contributed by atoms with E-state index >= 15 is 0 Å². The molecule has 2 aromatic carbocycles. The molecule has 0 aliphatic rings. The van der Waals surface area contributed by atoms with Crippen molar-refractivity contribution in [2.45, 2.75) is 13.8 Å². The van der Waals surface area contributed by atoms with Gasteiger partial charge in [-0.15, -0.1) is 0 Å². The Hall–Kier alpha value is -3.54. The number of carbonyl (C=O) groups is 1. The topological polar surface area (TPSA) is 72.5 Å². The predicted octanol–water partition coefficient (Wildman–Crippen LogP) is 4.71. The van der Waals surface area contributed by atoms with Gasteiger partial charge in [-0.05, 0) is 49.7 Å². The number of ether oxygens (including phenoxy) is 2. The van der Waals surface area contributed by atoms with E-state index in [2.05, 4.69) is 15.6 Å². The van der Waals surface area contributed by atoms with Gasteiger partial charge in [-0.2, -0.15) is 0 Å². The molecule has 1 aromatic heterocycles. The molecule has 1 amide bonds. The van der Waals surface area contributed by atoms with Gasteiger partial charge in [0.1, 0.15) is 5.69 Å². The molecule has 0 aliphatic carbocycles. The molecule has 6 heteroatoms. The number of nitrogens with zero attached hydrogens (tertiary/aromatic N) is 1. The first-order chi connectivity index (χ1) is 13.5. The van der Waals surface area contributed by atoms with Crippen LogP contribution in [0.4, 0.5) is 17.1 Å². The second kappa shape index (κ2) is 8.43. The van der Waals surface area contributed by atoms with Crippen LogP contribution >= 0.6 is 0 Å². The van der Waals surface area contributed by atoms with Gasteiger partial charge in [-0.1, -0.05) is 17.7 Å². The van der Waals surface area contributed by atoms with Crippen LogP contribution in [-0.4, -0.2) is 25.1 Å². The van der Waals surface area contributed by atoms with Gasteiger partial charge in [-0.25, -0.2) is 4.98 Å². The molecule has 0 saturated heterocycles. The van der Waals surface area contributed by atoms with Crippen molar-refractivity contribution in [3.05, 3.63) is 71.5 Å². The molecule has 6 nitrogen and oxygen atoms in total. The summed E-state index contributed by atoms with van der Waals surface area (Å²) < 4.78 is 10.5. The normalized spacial score (nSPS) is 10.3. The maximum atomic E-state index is 12.5. The molecule has 0 aliphatic heterocycles. The van der Waals surface area contributed by atoms with Crippen molar-refractivity contribution in [1.82, 2.24) is 4.98 Å². The summed E-state index contributed by atoms with van der Waals surface area (Å²) in [7, 11) is 3.18. The minimum Gasteiger partial charge on any atom is -0.493 e. The van der Waals surface area contributed by atoms with Crippen LogP contribution < -0.4 is 20.1 Å². The van der Waals surface area contributed by atoms with Crippen LogP contribution in [0.15, 0.2) is 54.7 Å². The van der Waals surface area contributed by atoms with Gasteiger partial charge in [0, 0.05) is 17.4 Å². The van der Waals surface area contributed by atoms with Crippen molar-refractivity contribution >= 4 is 23.0 Å². The summed E-state index contributed by atoms with van der Waals surface area (Å²) in [5, 5.41) is 6.13. The van der Waals surface area contributed by atoms with Crippen LogP contribution in [0.3, 0.4) is 0 Å². The molecular weight excluding hydrogens is 354 g/mol. The number of hydrogen-bond acceptors (Lipinski definition) is 5. The van der Waals surface area contributed by atoms with Crippen LogP contribution in [0.1, 0.15) is 21.6 Å². The molecule has 0 atom stereocenters. The monoisotopic (exact) mass is 377 g/mol. The van der Waals surface area contributed by atoms with Crippen molar-refractivity contribution in [3.8, 4) is 11.5 Å². The number of methoxy groups -OCH3 is 2. The maximum absolute atomic E-state index is 12.5. The smallest absolute Gasteiger partial charge is 0.274 e. The van der Waals surface area contributed by atoms with Crippen LogP contribution in [0.2, 0.25) is 0 Å². The molecular formula is C22H23N3O3. The van der Waals surface area contributed by atoms with Crippen molar-refractivity contribution in [2.24, 2.45) is 0 Å². The first-order valence-electron chi connectivity index (χ1n) is 8.84. The Bertz CT molecular complexity index is 985. The average Bonchev–Trinajstić information content (AvgIpc) is 2.70. The third-order valence-corrected chi connectivity index (χ3v) is 4.30. The first-order valence-corrected chi connectivity index (χ1v) is 8.84. The Morgan fingerprint density at radius 3 is 2.29 bits per heavy atom. The molecule has 0 radical (unpaired) electrons. The van der Waals surface area contributed by atoms with Gasteiger partial charge in [0.15, 0.2) is 11.5 Å². The summed E-state index contributed by atoms with van der Waals surface area (Å²) in [6, 6.07) is 14.9. The van der Waals surface area contributed by atoms with E-state index in [0.29, 0.717) is 17.2 Å². The zero-order valence-electron chi connectivity index (χ0n) is 16.4. The minimum atomic E-state index is -0.246. The van der Waals surface area contributed by atoms with E-state index in [-0.39, 0.29) is 5.91 Å². The number of amides is 1. The molecule has 0 saturated carbocycles. The summed E-state index contributed by atoms with van der Waals surface area (Å²) in [5.74, 6) is 1.04. The van der Waals surface area contributed by atoms with Crippen LogP contribution in [0.25, 0.3) is 0 Å². The highest BCUT2D eigenvalue weighted by molar-refractivity contribution is 6.03. The number of carbonyl (C=O) groups excluding carboxylic acids is 1. The summed E-state index contributed by atoms with van der Waals surface area (Å²) in [6.45, 7) is 3.98. The molecule has 0 fully saturated rings. The zero-order chi connectivity index (χ0) is 20.1. The molecule has 0 unspecified atom stereocenters. The lowest BCUT2D eigenvalue weighted by Gasteiger charge is -2.12. The predicted molar refractivity (Wildman–Crippen MR) is 111 cm³/mol. The molecule has 3 rings (SSSR count). The fourth-order valence-electron chi connectivity index (χ4n) is 2.82. The van der Waals surface area contributed by atoms with E-state index in [4.69, 9.17) is 9.47 Å². The van der Waals surface area contributed by atoms with Crippen LogP contribution in [-0.2, 0) is 0 Å². The van der Waals surface area contributed by atoms with Crippen LogP contribution in [0, 0.1) is 13.8 Å². The minimum absolute atomic E-state index is 0.246. The fourth-order valence-corrected chi connectivity index (χ4v) is 2.82. The first kappa shape index (κ1) is 19.2. The van der Waals surface area contributed by atoms with E-state index in [1.807, 2.05) is 50.2 Å². The number of pyridine rings is 1. The van der Waals surface area contributed by atoms with E-state index in [1.165, 1.54) is 0 Å². The summed E-state index contributed by atoms with van der Waals surface area (Å²) in [4.78, 5) is 16.7. The van der Waals surface area contributed by atoms with Crippen LogP contribution in [0.5, 0.6) is 11.5 Å². The molecule has 144 valence electrons. The standard InChI is InChI=1S/C22H23N3O3/c1-14-5-8-18(15(2)11-14)25-22(26)19-9-6-17(13-23-19)24-16-7-10-20(27-3)21(12-16)28-4/h5-13,24H,1-4H3,(H,25,26). The van der Waals surface area contributed by atoms with Gasteiger partial charge in [-0.3, -0.25) is 4.79 Å². The maximum Gasteiger partial charge on any atom is 0.274 e. The Morgan fingerprint density at radius 1 is 0.893 bits per heavy atom. The Morgan fingerprint density at radius 2 is 1.64 bits per heavy atom. The van der Waals surface area contributed by atoms with E-state index in [9.17, 15) is 4.79 Å². The van der Waals surface area contributed by atoms with Gasteiger partial charge < -0.3 is 20.1 Å². The lowest BCUT2D eigenvalue weighted by Crippen LogP contribution is -2.14. The third-order valence-electron chi connectivity index (χ3n) is 4.30. The van der Waals surface area contributed by atoms with Gasteiger partial charge in [0.2, 0.25) is 0 Å².